The first kappa shape index (κ1) is 24.4. The number of aromatic nitrogens is 2. The van der Waals surface area contributed by atoms with Gasteiger partial charge in [-0.15, -0.1) is 12.4 Å². The summed E-state index contributed by atoms with van der Waals surface area (Å²) in [6.07, 6.45) is 1.33. The number of carbonyl (C=O) groups excluding carboxylic acids is 2. The zero-order valence-corrected chi connectivity index (χ0v) is 18.9. The molecule has 0 saturated carbocycles. The van der Waals surface area contributed by atoms with Crippen LogP contribution in [0.5, 0.6) is 11.5 Å². The number of fused-ring (bicyclic) bond motifs is 1. The summed E-state index contributed by atoms with van der Waals surface area (Å²) in [5.74, 6) is -0.225. The van der Waals surface area contributed by atoms with Crippen molar-refractivity contribution in [2.75, 3.05) is 38.8 Å². The molecule has 1 fully saturated rings. The van der Waals surface area contributed by atoms with Gasteiger partial charge in [-0.25, -0.2) is 14.4 Å². The largest absolute Gasteiger partial charge is 0.493 e. The smallest absolute Gasteiger partial charge is 0.255 e. The third-order valence-corrected chi connectivity index (χ3v) is 4.97. The Bertz CT molecular complexity index is 1180. The lowest BCUT2D eigenvalue weighted by atomic mass is 10.2. The maximum absolute atomic E-state index is 14.2. The molecule has 1 N–H and O–H groups in total. The highest BCUT2D eigenvalue weighted by atomic mass is 35.5. The molecular weight excluding hydrogens is 478 g/mol. The molecule has 1 aliphatic rings. The van der Waals surface area contributed by atoms with Gasteiger partial charge < -0.3 is 19.5 Å². The van der Waals surface area contributed by atoms with Gasteiger partial charge in [-0.05, 0) is 24.3 Å². The van der Waals surface area contributed by atoms with Gasteiger partial charge in [0.2, 0.25) is 0 Å². The molecule has 1 aliphatic heterocycles. The number of anilines is 2. The van der Waals surface area contributed by atoms with Crippen molar-refractivity contribution < 1.29 is 28.2 Å². The lowest BCUT2D eigenvalue weighted by molar-refractivity contribution is -0.158. The number of hydrogen-bond donors (Lipinski definition) is 1. The van der Waals surface area contributed by atoms with Crippen LogP contribution in [-0.4, -0.2) is 60.2 Å². The summed E-state index contributed by atoms with van der Waals surface area (Å²) < 4.78 is 30.3. The van der Waals surface area contributed by atoms with Crippen molar-refractivity contribution in [1.29, 1.82) is 0 Å². The van der Waals surface area contributed by atoms with E-state index in [2.05, 4.69) is 15.3 Å². The van der Waals surface area contributed by atoms with Crippen LogP contribution >= 0.6 is 24.0 Å². The van der Waals surface area contributed by atoms with E-state index in [4.69, 9.17) is 25.8 Å². The van der Waals surface area contributed by atoms with E-state index >= 15 is 0 Å². The number of amides is 2. The van der Waals surface area contributed by atoms with Gasteiger partial charge >= 0.3 is 0 Å². The Morgan fingerprint density at radius 1 is 1.15 bits per heavy atom. The molecule has 9 nitrogen and oxygen atoms in total. The number of nitrogens with zero attached hydrogens (tertiary/aromatic N) is 3. The van der Waals surface area contributed by atoms with Crippen LogP contribution in [0.4, 0.5) is 15.9 Å². The fraction of sp³-hybridized carbons (Fsp3) is 0.238. The van der Waals surface area contributed by atoms with Gasteiger partial charge in [-0.3, -0.25) is 14.5 Å². The van der Waals surface area contributed by atoms with E-state index in [0.29, 0.717) is 28.2 Å². The van der Waals surface area contributed by atoms with E-state index in [1.807, 2.05) is 0 Å². The lowest BCUT2D eigenvalue weighted by Crippen LogP contribution is -2.47. The monoisotopic (exact) mass is 496 g/mol. The van der Waals surface area contributed by atoms with Gasteiger partial charge in [0.25, 0.3) is 11.8 Å². The van der Waals surface area contributed by atoms with E-state index in [9.17, 15) is 14.0 Å². The predicted octanol–water partition coefficient (Wildman–Crippen LogP) is 3.36. The summed E-state index contributed by atoms with van der Waals surface area (Å²) in [6.45, 7) is -0.127. The lowest BCUT2D eigenvalue weighted by Gasteiger charge is -2.24. The SMILES string of the molecule is COc1cc2c(Nc3ccc(Cl)cc3F)ncnc2cc1OCCN1C(=O)COCC1=O.Cl. The van der Waals surface area contributed by atoms with Crippen molar-refractivity contribution in [2.45, 2.75) is 0 Å². The number of rotatable bonds is 7. The molecule has 3 aromatic rings. The molecule has 4 rings (SSSR count). The molecule has 2 amide bonds. The first-order chi connectivity index (χ1) is 15.5. The third kappa shape index (κ3) is 5.41. The molecule has 2 heterocycles. The van der Waals surface area contributed by atoms with Gasteiger partial charge in [0.15, 0.2) is 11.5 Å². The molecular formula is C21H19Cl2FN4O5. The Hall–Kier alpha value is -3.21. The number of carbonyl (C=O) groups is 2. The minimum atomic E-state index is -0.525. The highest BCUT2D eigenvalue weighted by molar-refractivity contribution is 6.30. The van der Waals surface area contributed by atoms with Crippen LogP contribution in [0.1, 0.15) is 0 Å². The number of nitrogens with one attached hydrogen (secondary N) is 1. The normalized spacial score (nSPS) is 13.6. The molecule has 2 aromatic carbocycles. The average Bonchev–Trinajstić information content (AvgIpc) is 2.77. The van der Waals surface area contributed by atoms with Gasteiger partial charge in [0, 0.05) is 16.5 Å². The van der Waals surface area contributed by atoms with Crippen molar-refractivity contribution in [3.05, 3.63) is 47.5 Å². The van der Waals surface area contributed by atoms with Crippen molar-refractivity contribution in [2.24, 2.45) is 0 Å². The minimum absolute atomic E-state index is 0. The number of hydrogen-bond acceptors (Lipinski definition) is 8. The molecule has 0 unspecified atom stereocenters. The number of imide groups is 1. The van der Waals surface area contributed by atoms with Gasteiger partial charge in [0.05, 0.1) is 24.9 Å². The highest BCUT2D eigenvalue weighted by Crippen LogP contribution is 2.35. The molecule has 0 aliphatic carbocycles. The van der Waals surface area contributed by atoms with Crippen LogP contribution < -0.4 is 14.8 Å². The topological polar surface area (TPSA) is 103 Å². The van der Waals surface area contributed by atoms with Gasteiger partial charge in [0.1, 0.15) is 37.8 Å². The Kier molecular flexibility index (Phi) is 7.85. The molecule has 1 saturated heterocycles. The number of benzene rings is 2. The summed E-state index contributed by atoms with van der Waals surface area (Å²) >= 11 is 5.81. The molecule has 0 bridgehead atoms. The molecule has 33 heavy (non-hydrogen) atoms. The Morgan fingerprint density at radius 2 is 1.91 bits per heavy atom. The van der Waals surface area contributed by atoms with E-state index in [1.54, 1.807) is 18.2 Å². The first-order valence-corrected chi connectivity index (χ1v) is 9.92. The third-order valence-electron chi connectivity index (χ3n) is 4.73. The zero-order chi connectivity index (χ0) is 22.7. The molecule has 1 aromatic heterocycles. The molecule has 0 radical (unpaired) electrons. The zero-order valence-electron chi connectivity index (χ0n) is 17.3. The summed E-state index contributed by atoms with van der Waals surface area (Å²) in [6, 6.07) is 7.57. The summed E-state index contributed by atoms with van der Waals surface area (Å²) in [4.78, 5) is 33.2. The summed E-state index contributed by atoms with van der Waals surface area (Å²) in [7, 11) is 1.47. The van der Waals surface area contributed by atoms with Crippen LogP contribution in [-0.2, 0) is 14.3 Å². The van der Waals surface area contributed by atoms with Gasteiger partial charge in [-0.2, -0.15) is 0 Å². The number of methoxy groups -OCH3 is 1. The number of ether oxygens (including phenoxy) is 3. The second-order valence-corrected chi connectivity index (χ2v) is 7.21. The van der Waals surface area contributed by atoms with Gasteiger partial charge in [-0.1, -0.05) is 11.6 Å². The van der Waals surface area contributed by atoms with Crippen LogP contribution in [0.25, 0.3) is 10.9 Å². The Labute approximate surface area is 199 Å². The Balaban J connectivity index is 0.00000306. The fourth-order valence-corrected chi connectivity index (χ4v) is 3.33. The van der Waals surface area contributed by atoms with Crippen LogP contribution in [0.2, 0.25) is 5.02 Å². The second kappa shape index (κ2) is 10.6. The van der Waals surface area contributed by atoms with Crippen LogP contribution in [0, 0.1) is 5.82 Å². The van der Waals surface area contributed by atoms with Crippen molar-refractivity contribution in [3.8, 4) is 11.5 Å². The van der Waals surface area contributed by atoms with E-state index in [0.717, 1.165) is 4.90 Å². The standard InChI is InChI=1S/C21H18ClFN4O5.ClH/c1-30-17-7-13-16(8-18(17)32-5-4-27-19(28)9-31-10-20(27)29)24-11-25-21(13)26-15-3-2-12(22)6-14(15)23;/h2-3,6-8,11H,4-5,9-10H2,1H3,(H,24,25,26);1H. The van der Waals surface area contributed by atoms with E-state index < -0.39 is 17.6 Å². The highest BCUT2D eigenvalue weighted by Gasteiger charge is 2.26. The van der Waals surface area contributed by atoms with Crippen molar-refractivity contribution in [1.82, 2.24) is 14.9 Å². The molecule has 174 valence electrons. The summed E-state index contributed by atoms with van der Waals surface area (Å²) in [5.41, 5.74) is 0.722. The van der Waals surface area contributed by atoms with E-state index in [-0.39, 0.29) is 49.5 Å². The number of morpholine rings is 1. The molecule has 0 atom stereocenters. The maximum Gasteiger partial charge on any atom is 0.255 e. The minimum Gasteiger partial charge on any atom is -0.493 e. The molecule has 12 heteroatoms. The van der Waals surface area contributed by atoms with Crippen molar-refractivity contribution >= 4 is 58.2 Å². The first-order valence-electron chi connectivity index (χ1n) is 9.55. The number of halogens is 3. The quantitative estimate of drug-likeness (QED) is 0.496. The van der Waals surface area contributed by atoms with Crippen molar-refractivity contribution in [3.63, 3.8) is 0 Å². The predicted molar refractivity (Wildman–Crippen MR) is 121 cm³/mol. The Morgan fingerprint density at radius 3 is 2.61 bits per heavy atom. The maximum atomic E-state index is 14.2. The van der Waals surface area contributed by atoms with Crippen LogP contribution in [0.15, 0.2) is 36.7 Å². The van der Waals surface area contributed by atoms with Crippen LogP contribution in [0.3, 0.4) is 0 Å². The second-order valence-electron chi connectivity index (χ2n) is 6.77. The molecule has 0 spiro atoms. The fourth-order valence-electron chi connectivity index (χ4n) is 3.17. The average molecular weight is 497 g/mol. The summed E-state index contributed by atoms with van der Waals surface area (Å²) in [5, 5.41) is 3.79. The van der Waals surface area contributed by atoms with E-state index in [1.165, 1.54) is 25.6 Å².